The van der Waals surface area contributed by atoms with Crippen LogP contribution in [0, 0.1) is 0 Å². The van der Waals surface area contributed by atoms with E-state index in [0.29, 0.717) is 13.1 Å². The number of aliphatic carboxylic acids is 1. The van der Waals surface area contributed by atoms with Crippen LogP contribution in [0.15, 0.2) is 29.5 Å². The molecule has 0 bridgehead atoms. The molecule has 0 saturated carbocycles. The summed E-state index contributed by atoms with van der Waals surface area (Å²) < 4.78 is 0.276. The van der Waals surface area contributed by atoms with Crippen LogP contribution in [0.2, 0.25) is 0 Å². The standard InChI is InChI=1S/C21H37N3O2/c1-2-3-4-5-6-7-8-9-10-11-12-13-14-20-23-16-18-24(20,17-15-22)19-21(25)26/h11-12,16,18H,2-10,13-15,17,19,22H2,1H3/p+1/b12-11+. The minimum Gasteiger partial charge on any atom is -0.477 e. The number of amidine groups is 1. The lowest BCUT2D eigenvalue weighted by Gasteiger charge is -2.30. The van der Waals surface area contributed by atoms with Crippen LogP contribution >= 0.6 is 0 Å². The summed E-state index contributed by atoms with van der Waals surface area (Å²) in [7, 11) is 0. The second-order valence-electron chi connectivity index (χ2n) is 7.22. The first kappa shape index (κ1) is 22.6. The van der Waals surface area contributed by atoms with Crippen molar-refractivity contribution in [3.05, 3.63) is 24.6 Å². The zero-order valence-electron chi connectivity index (χ0n) is 16.5. The Kier molecular flexibility index (Phi) is 11.9. The molecule has 0 aromatic rings. The van der Waals surface area contributed by atoms with Crippen molar-refractivity contribution in [3.8, 4) is 0 Å². The Balaban J connectivity index is 2.18. The van der Waals surface area contributed by atoms with Gasteiger partial charge >= 0.3 is 5.97 Å². The van der Waals surface area contributed by atoms with Crippen LogP contribution in [0.4, 0.5) is 0 Å². The van der Waals surface area contributed by atoms with Gasteiger partial charge in [0.15, 0.2) is 6.54 Å². The van der Waals surface area contributed by atoms with Crippen molar-refractivity contribution in [2.75, 3.05) is 19.6 Å². The molecular weight excluding hydrogens is 326 g/mol. The second-order valence-corrected chi connectivity index (χ2v) is 7.22. The summed E-state index contributed by atoms with van der Waals surface area (Å²) in [6, 6.07) is 0. The molecule has 0 radical (unpaired) electrons. The SMILES string of the molecule is CCCCCCCCCC/C=C/CCC1=NC=C[N+]1(CCN)CC(=O)O. The van der Waals surface area contributed by atoms with E-state index in [4.69, 9.17) is 5.73 Å². The first-order valence-corrected chi connectivity index (χ1v) is 10.3. The number of rotatable bonds is 16. The molecule has 1 unspecified atom stereocenters. The largest absolute Gasteiger partial charge is 0.477 e. The number of nitrogens with zero attached hydrogens (tertiary/aromatic N) is 2. The fourth-order valence-electron chi connectivity index (χ4n) is 3.48. The number of unbranched alkanes of at least 4 members (excludes halogenated alkanes) is 8. The Morgan fingerprint density at radius 2 is 1.77 bits per heavy atom. The topological polar surface area (TPSA) is 75.7 Å². The first-order valence-electron chi connectivity index (χ1n) is 10.3. The minimum atomic E-state index is -0.817. The molecule has 5 heteroatoms. The van der Waals surface area contributed by atoms with Gasteiger partial charge in [-0.05, 0) is 19.3 Å². The van der Waals surface area contributed by atoms with Crippen molar-refractivity contribution in [1.82, 2.24) is 0 Å². The molecule has 3 N–H and O–H groups in total. The van der Waals surface area contributed by atoms with Crippen LogP contribution in [0.5, 0.6) is 0 Å². The zero-order chi connectivity index (χ0) is 19.1. The molecule has 0 amide bonds. The third-order valence-corrected chi connectivity index (χ3v) is 4.96. The third kappa shape index (κ3) is 8.77. The molecule has 0 fully saturated rings. The second kappa shape index (κ2) is 13.7. The summed E-state index contributed by atoms with van der Waals surface area (Å²) in [6.45, 7) is 3.31. The van der Waals surface area contributed by atoms with Crippen molar-refractivity contribution in [1.29, 1.82) is 0 Å². The Morgan fingerprint density at radius 3 is 2.42 bits per heavy atom. The van der Waals surface area contributed by atoms with E-state index in [9.17, 15) is 9.90 Å². The molecule has 1 aliphatic heterocycles. The number of hydrogen-bond donors (Lipinski definition) is 2. The van der Waals surface area contributed by atoms with Gasteiger partial charge in [0.1, 0.15) is 12.7 Å². The van der Waals surface area contributed by atoms with Gasteiger partial charge in [0, 0.05) is 13.0 Å². The number of carboxylic acids is 1. The summed E-state index contributed by atoms with van der Waals surface area (Å²) >= 11 is 0. The van der Waals surface area contributed by atoms with Crippen molar-refractivity contribution in [2.24, 2.45) is 10.7 Å². The maximum atomic E-state index is 11.2. The predicted octanol–water partition coefficient (Wildman–Crippen LogP) is 4.60. The molecule has 0 aromatic heterocycles. The molecule has 1 heterocycles. The first-order chi connectivity index (χ1) is 12.6. The molecule has 0 aromatic carbocycles. The lowest BCUT2D eigenvalue weighted by atomic mass is 10.1. The van der Waals surface area contributed by atoms with Crippen molar-refractivity contribution < 1.29 is 14.4 Å². The number of nitrogens with two attached hydrogens (primary N) is 1. The molecule has 0 saturated heterocycles. The normalized spacial score (nSPS) is 19.4. The van der Waals surface area contributed by atoms with Gasteiger partial charge in [-0.15, -0.1) is 0 Å². The molecule has 5 nitrogen and oxygen atoms in total. The fraction of sp³-hybridized carbons (Fsp3) is 0.714. The zero-order valence-corrected chi connectivity index (χ0v) is 16.5. The molecular formula is C21H38N3O2+. The van der Waals surface area contributed by atoms with Gasteiger partial charge < -0.3 is 10.8 Å². The summed E-state index contributed by atoms with van der Waals surface area (Å²) in [6.07, 6.45) is 21.7. The average Bonchev–Trinajstić information content (AvgIpc) is 2.97. The Hall–Kier alpha value is -1.46. The molecule has 0 spiro atoms. The number of carboxylic acid groups (broad SMARTS) is 1. The highest BCUT2D eigenvalue weighted by Gasteiger charge is 2.36. The van der Waals surface area contributed by atoms with Crippen molar-refractivity contribution in [2.45, 2.75) is 77.6 Å². The highest BCUT2D eigenvalue weighted by molar-refractivity contribution is 5.81. The summed E-state index contributed by atoms with van der Waals surface area (Å²) in [4.78, 5) is 15.6. The molecule has 1 aliphatic rings. The predicted molar refractivity (Wildman–Crippen MR) is 109 cm³/mol. The van der Waals surface area contributed by atoms with E-state index in [-0.39, 0.29) is 11.0 Å². The average molecular weight is 365 g/mol. The fourth-order valence-corrected chi connectivity index (χ4v) is 3.48. The molecule has 148 valence electrons. The molecule has 0 aliphatic carbocycles. The number of carbonyl (C=O) groups is 1. The summed E-state index contributed by atoms with van der Waals surface area (Å²) in [5.74, 6) is 0.0949. The van der Waals surface area contributed by atoms with Crippen LogP contribution in [0.3, 0.4) is 0 Å². The monoisotopic (exact) mass is 364 g/mol. The highest BCUT2D eigenvalue weighted by Crippen LogP contribution is 2.20. The summed E-state index contributed by atoms with van der Waals surface area (Å²) in [5, 5.41) is 9.20. The summed E-state index contributed by atoms with van der Waals surface area (Å²) in [5.41, 5.74) is 5.69. The van der Waals surface area contributed by atoms with Crippen LogP contribution in [-0.2, 0) is 4.79 Å². The van der Waals surface area contributed by atoms with Gasteiger partial charge in [-0.25, -0.2) is 14.3 Å². The van der Waals surface area contributed by atoms with E-state index in [1.807, 2.05) is 6.20 Å². The van der Waals surface area contributed by atoms with Gasteiger partial charge in [0.2, 0.25) is 5.84 Å². The Bertz CT molecular complexity index is 486. The van der Waals surface area contributed by atoms with Crippen LogP contribution in [-0.4, -0.2) is 41.0 Å². The molecule has 1 rings (SSSR count). The van der Waals surface area contributed by atoms with Gasteiger partial charge in [-0.2, -0.15) is 0 Å². The van der Waals surface area contributed by atoms with E-state index in [0.717, 1.165) is 25.1 Å². The minimum absolute atomic E-state index is 0.0223. The molecule has 1 atom stereocenters. The van der Waals surface area contributed by atoms with Crippen LogP contribution < -0.4 is 5.73 Å². The maximum Gasteiger partial charge on any atom is 0.360 e. The van der Waals surface area contributed by atoms with Gasteiger partial charge in [-0.3, -0.25) is 0 Å². The lowest BCUT2D eigenvalue weighted by Crippen LogP contribution is -2.52. The van der Waals surface area contributed by atoms with Crippen molar-refractivity contribution >= 4 is 11.8 Å². The van der Waals surface area contributed by atoms with Crippen LogP contribution in [0.1, 0.15) is 77.6 Å². The quantitative estimate of drug-likeness (QED) is 0.239. The number of aliphatic imine (C=N–C) groups is 1. The Labute approximate surface area is 159 Å². The number of quaternary nitrogens is 1. The smallest absolute Gasteiger partial charge is 0.360 e. The van der Waals surface area contributed by atoms with E-state index in [1.165, 1.54) is 51.4 Å². The third-order valence-electron chi connectivity index (χ3n) is 4.96. The van der Waals surface area contributed by atoms with Gasteiger partial charge in [0.25, 0.3) is 0 Å². The molecule has 26 heavy (non-hydrogen) atoms. The highest BCUT2D eigenvalue weighted by atomic mass is 16.4. The van der Waals surface area contributed by atoms with E-state index < -0.39 is 5.97 Å². The van der Waals surface area contributed by atoms with Gasteiger partial charge in [-0.1, -0.05) is 64.0 Å². The maximum absolute atomic E-state index is 11.2. The number of hydrogen-bond acceptors (Lipinski definition) is 3. The van der Waals surface area contributed by atoms with Gasteiger partial charge in [0.05, 0.1) is 6.20 Å². The van der Waals surface area contributed by atoms with Crippen LogP contribution in [0.25, 0.3) is 0 Å². The Morgan fingerprint density at radius 1 is 1.12 bits per heavy atom. The van der Waals surface area contributed by atoms with Crippen molar-refractivity contribution in [3.63, 3.8) is 0 Å². The van der Waals surface area contributed by atoms with E-state index >= 15 is 0 Å². The number of allylic oxidation sites excluding steroid dienone is 2. The van der Waals surface area contributed by atoms with E-state index in [2.05, 4.69) is 24.1 Å². The lowest BCUT2D eigenvalue weighted by molar-refractivity contribution is -0.778. The van der Waals surface area contributed by atoms with E-state index in [1.54, 1.807) is 6.20 Å².